The van der Waals surface area contributed by atoms with Crippen LogP contribution in [0.2, 0.25) is 0 Å². The number of hydrogen-bond donors (Lipinski definition) is 4. The molecule has 0 heterocycles. The third-order valence-electron chi connectivity index (χ3n) is 0.942. The zero-order chi connectivity index (χ0) is 8.69. The van der Waals surface area contributed by atoms with Gasteiger partial charge in [0.2, 0.25) is 11.8 Å². The second-order valence-corrected chi connectivity index (χ2v) is 1.78. The Bertz CT molecular complexity index is 131. The van der Waals surface area contributed by atoms with Gasteiger partial charge in [0.05, 0.1) is 19.8 Å². The van der Waals surface area contributed by atoms with E-state index in [2.05, 4.69) is 10.6 Å². The quantitative estimate of drug-likeness (QED) is 0.330. The van der Waals surface area contributed by atoms with E-state index in [1.165, 1.54) is 0 Å². The number of hydrogen-bond acceptors (Lipinski definition) is 4. The molecule has 0 saturated heterocycles. The van der Waals surface area contributed by atoms with Gasteiger partial charge in [0.25, 0.3) is 0 Å². The maximum absolute atomic E-state index is 10.5. The lowest BCUT2D eigenvalue weighted by atomic mass is 10.6. The molecule has 0 radical (unpaired) electrons. The summed E-state index contributed by atoms with van der Waals surface area (Å²) in [6.45, 7) is -0.0942. The van der Waals surface area contributed by atoms with Crippen LogP contribution in [0.15, 0.2) is 0 Å². The smallest absolute Gasteiger partial charge is 0.235 e. The lowest BCUT2D eigenvalue weighted by Gasteiger charge is -2.03. The first kappa shape index (κ1) is 9.86. The molecule has 6 heteroatoms. The first-order chi connectivity index (χ1) is 5.20. The van der Waals surface area contributed by atoms with Gasteiger partial charge < -0.3 is 22.1 Å². The van der Waals surface area contributed by atoms with E-state index >= 15 is 0 Å². The molecule has 0 bridgehead atoms. The number of amides is 2. The van der Waals surface area contributed by atoms with Gasteiger partial charge in [-0.25, -0.2) is 0 Å². The average Bonchev–Trinajstić information content (AvgIpc) is 2.04. The van der Waals surface area contributed by atoms with Gasteiger partial charge in [-0.05, 0) is 0 Å². The zero-order valence-electron chi connectivity index (χ0n) is 6.09. The second-order valence-electron chi connectivity index (χ2n) is 1.78. The zero-order valence-corrected chi connectivity index (χ0v) is 6.09. The predicted octanol–water partition coefficient (Wildman–Crippen LogP) is -2.91. The van der Waals surface area contributed by atoms with Gasteiger partial charge in [0, 0.05) is 0 Å². The molecule has 0 fully saturated rings. The van der Waals surface area contributed by atoms with Crippen molar-refractivity contribution in [3.8, 4) is 0 Å². The first-order valence-electron chi connectivity index (χ1n) is 3.14. The Morgan fingerprint density at radius 2 is 1.36 bits per heavy atom. The molecule has 0 spiro atoms. The molecule has 0 aliphatic heterocycles. The van der Waals surface area contributed by atoms with Gasteiger partial charge in [0.15, 0.2) is 0 Å². The van der Waals surface area contributed by atoms with Gasteiger partial charge >= 0.3 is 0 Å². The average molecular weight is 160 g/mol. The van der Waals surface area contributed by atoms with Crippen LogP contribution in [0.5, 0.6) is 0 Å². The predicted molar refractivity (Wildman–Crippen MR) is 39.3 cm³/mol. The summed E-state index contributed by atoms with van der Waals surface area (Å²) in [6, 6.07) is 0. The largest absolute Gasteiger partial charge is 0.338 e. The Balaban J connectivity index is 3.27. The standard InChI is InChI=1S/C5H12N4O2/c6-1-4(10)8-3-9-5(11)2-7/h1-3,6-7H2,(H,8,10)(H,9,11). The van der Waals surface area contributed by atoms with Crippen LogP contribution in [0.4, 0.5) is 0 Å². The third kappa shape index (κ3) is 5.31. The molecular formula is C5H12N4O2. The third-order valence-corrected chi connectivity index (χ3v) is 0.942. The number of carbonyl (C=O) groups is 2. The van der Waals surface area contributed by atoms with E-state index in [9.17, 15) is 9.59 Å². The van der Waals surface area contributed by atoms with Crippen molar-refractivity contribution in [2.24, 2.45) is 11.5 Å². The minimum Gasteiger partial charge on any atom is -0.338 e. The Labute approximate surface area is 64.3 Å². The van der Waals surface area contributed by atoms with Gasteiger partial charge in [-0.15, -0.1) is 0 Å². The summed E-state index contributed by atoms with van der Waals surface area (Å²) in [7, 11) is 0. The van der Waals surface area contributed by atoms with E-state index in [-0.39, 0.29) is 31.6 Å². The van der Waals surface area contributed by atoms with Crippen LogP contribution < -0.4 is 22.1 Å². The lowest BCUT2D eigenvalue weighted by molar-refractivity contribution is -0.121. The van der Waals surface area contributed by atoms with Crippen LogP contribution in [0.1, 0.15) is 0 Å². The van der Waals surface area contributed by atoms with Gasteiger partial charge in [-0.3, -0.25) is 9.59 Å². The molecule has 0 aromatic carbocycles. The van der Waals surface area contributed by atoms with E-state index in [0.717, 1.165) is 0 Å². The van der Waals surface area contributed by atoms with Crippen molar-refractivity contribution in [3.63, 3.8) is 0 Å². The molecule has 0 rings (SSSR count). The number of nitrogens with one attached hydrogen (secondary N) is 2. The van der Waals surface area contributed by atoms with Gasteiger partial charge in [-0.2, -0.15) is 0 Å². The Kier molecular flexibility index (Phi) is 5.05. The Morgan fingerprint density at radius 3 is 1.64 bits per heavy atom. The van der Waals surface area contributed by atoms with Crippen LogP contribution in [0, 0.1) is 0 Å². The normalized spacial score (nSPS) is 8.91. The van der Waals surface area contributed by atoms with E-state index in [1.807, 2.05) is 0 Å². The first-order valence-corrected chi connectivity index (χ1v) is 3.14. The summed E-state index contributed by atoms with van der Waals surface area (Å²) in [5.41, 5.74) is 9.94. The van der Waals surface area contributed by atoms with Gasteiger partial charge in [-0.1, -0.05) is 0 Å². The molecular weight excluding hydrogens is 148 g/mol. The number of carbonyl (C=O) groups excluding carboxylic acids is 2. The highest BCUT2D eigenvalue weighted by Gasteiger charge is 1.97. The van der Waals surface area contributed by atoms with E-state index in [0.29, 0.717) is 0 Å². The minimum absolute atomic E-state index is 0.0755. The van der Waals surface area contributed by atoms with Crippen molar-refractivity contribution < 1.29 is 9.59 Å². The van der Waals surface area contributed by atoms with Crippen molar-refractivity contribution in [3.05, 3.63) is 0 Å². The Morgan fingerprint density at radius 1 is 1.00 bits per heavy atom. The highest BCUT2D eigenvalue weighted by atomic mass is 16.2. The van der Waals surface area contributed by atoms with Gasteiger partial charge in [0.1, 0.15) is 0 Å². The second kappa shape index (κ2) is 5.63. The highest BCUT2D eigenvalue weighted by Crippen LogP contribution is 1.59. The summed E-state index contributed by atoms with van der Waals surface area (Å²) < 4.78 is 0. The van der Waals surface area contributed by atoms with Crippen LogP contribution in [0.3, 0.4) is 0 Å². The fourth-order valence-electron chi connectivity index (χ4n) is 0.386. The number of rotatable bonds is 4. The van der Waals surface area contributed by atoms with Crippen molar-refractivity contribution in [1.82, 2.24) is 10.6 Å². The molecule has 0 aliphatic rings. The summed E-state index contributed by atoms with van der Waals surface area (Å²) in [6.07, 6.45) is 0. The lowest BCUT2D eigenvalue weighted by Crippen LogP contribution is -2.41. The van der Waals surface area contributed by atoms with E-state index < -0.39 is 0 Å². The monoisotopic (exact) mass is 160 g/mol. The Hall–Kier alpha value is -1.14. The molecule has 0 atom stereocenters. The molecule has 6 nitrogen and oxygen atoms in total. The fourth-order valence-corrected chi connectivity index (χ4v) is 0.386. The SMILES string of the molecule is NCC(=O)NCNC(=O)CN. The van der Waals surface area contributed by atoms with Crippen LogP contribution in [0.25, 0.3) is 0 Å². The molecule has 11 heavy (non-hydrogen) atoms. The van der Waals surface area contributed by atoms with Crippen molar-refractivity contribution in [1.29, 1.82) is 0 Å². The minimum atomic E-state index is -0.317. The molecule has 0 aliphatic carbocycles. The van der Waals surface area contributed by atoms with Crippen LogP contribution >= 0.6 is 0 Å². The maximum Gasteiger partial charge on any atom is 0.235 e. The van der Waals surface area contributed by atoms with Crippen molar-refractivity contribution in [2.45, 2.75) is 0 Å². The molecule has 0 saturated carbocycles. The molecule has 64 valence electrons. The fraction of sp³-hybridized carbons (Fsp3) is 0.600. The molecule has 0 aromatic rings. The summed E-state index contributed by atoms with van der Waals surface area (Å²) in [5, 5.41) is 4.69. The maximum atomic E-state index is 10.5. The van der Waals surface area contributed by atoms with Crippen LogP contribution in [-0.2, 0) is 9.59 Å². The van der Waals surface area contributed by atoms with E-state index in [4.69, 9.17) is 11.5 Å². The highest BCUT2D eigenvalue weighted by molar-refractivity contribution is 5.80. The molecule has 2 amide bonds. The summed E-state index contributed by atoms with van der Waals surface area (Å²) >= 11 is 0. The summed E-state index contributed by atoms with van der Waals surface area (Å²) in [5.74, 6) is -0.635. The molecule has 6 N–H and O–H groups in total. The molecule has 0 aromatic heterocycles. The number of nitrogens with two attached hydrogens (primary N) is 2. The van der Waals surface area contributed by atoms with Crippen molar-refractivity contribution in [2.75, 3.05) is 19.8 Å². The van der Waals surface area contributed by atoms with Crippen LogP contribution in [-0.4, -0.2) is 31.6 Å². The summed E-state index contributed by atoms with van der Waals surface area (Å²) in [4.78, 5) is 20.9. The topological polar surface area (TPSA) is 110 Å². The van der Waals surface area contributed by atoms with E-state index in [1.54, 1.807) is 0 Å². The van der Waals surface area contributed by atoms with Crippen molar-refractivity contribution >= 4 is 11.8 Å². The molecule has 0 unspecified atom stereocenters.